The highest BCUT2D eigenvalue weighted by Gasteiger charge is 2.38. The van der Waals surface area contributed by atoms with Gasteiger partial charge in [-0.25, -0.2) is 0 Å². The molecule has 0 saturated carbocycles. The molecule has 10 rings (SSSR count). The second-order valence-electron chi connectivity index (χ2n) is 15.4. The summed E-state index contributed by atoms with van der Waals surface area (Å²) >= 11 is 0. The van der Waals surface area contributed by atoms with E-state index in [1.54, 1.807) is 0 Å². The van der Waals surface area contributed by atoms with Crippen LogP contribution >= 0.6 is 0 Å². The minimum Gasteiger partial charge on any atom is -0.310 e. The molecule has 2 aliphatic rings. The van der Waals surface area contributed by atoms with E-state index in [0.29, 0.717) is 5.92 Å². The molecule has 0 N–H and O–H groups in total. The van der Waals surface area contributed by atoms with Crippen LogP contribution in [0.1, 0.15) is 38.3 Å². The van der Waals surface area contributed by atoms with Crippen LogP contribution in [0.25, 0.3) is 55.3 Å². The molecule has 0 spiro atoms. The van der Waals surface area contributed by atoms with E-state index in [1.165, 1.54) is 60.9 Å². The number of pyridine rings is 1. The lowest BCUT2D eigenvalue weighted by Gasteiger charge is -2.29. The van der Waals surface area contributed by atoms with Crippen LogP contribution in [-0.4, -0.2) is 9.55 Å². The highest BCUT2D eigenvalue weighted by molar-refractivity contribution is 6.10. The van der Waals surface area contributed by atoms with Crippen molar-refractivity contribution < 1.29 is 0 Å². The average Bonchev–Trinajstić information content (AvgIpc) is 3.66. The number of fused-ring (bicyclic) bond motifs is 5. The lowest BCUT2D eigenvalue weighted by molar-refractivity contribution is 0.643. The highest BCUT2D eigenvalue weighted by Crippen LogP contribution is 2.52. The van der Waals surface area contributed by atoms with Crippen LogP contribution in [0.2, 0.25) is 0 Å². The van der Waals surface area contributed by atoms with Gasteiger partial charge in [-0.15, -0.1) is 0 Å². The zero-order valence-corrected chi connectivity index (χ0v) is 30.9. The maximum absolute atomic E-state index is 4.41. The van der Waals surface area contributed by atoms with Crippen LogP contribution in [0, 0.1) is 5.92 Å². The molecule has 2 aliphatic carbocycles. The third kappa shape index (κ3) is 5.22. The number of hydrogen-bond donors (Lipinski definition) is 0. The highest BCUT2D eigenvalue weighted by atomic mass is 15.1. The Labute approximate surface area is 317 Å². The van der Waals surface area contributed by atoms with Gasteiger partial charge in [-0.1, -0.05) is 112 Å². The maximum Gasteiger partial charge on any atom is 0.0541 e. The predicted molar refractivity (Wildman–Crippen MR) is 227 cm³/mol. The van der Waals surface area contributed by atoms with Crippen LogP contribution in [0.15, 0.2) is 182 Å². The monoisotopic (exact) mass is 695 g/mol. The van der Waals surface area contributed by atoms with E-state index in [-0.39, 0.29) is 5.41 Å². The molecule has 0 radical (unpaired) electrons. The van der Waals surface area contributed by atoms with Gasteiger partial charge in [0, 0.05) is 56.9 Å². The number of rotatable bonds is 6. The fourth-order valence-electron chi connectivity index (χ4n) is 8.91. The topological polar surface area (TPSA) is 21.1 Å². The van der Waals surface area contributed by atoms with E-state index in [2.05, 4.69) is 193 Å². The molecule has 1 unspecified atom stereocenters. The summed E-state index contributed by atoms with van der Waals surface area (Å²) in [6.45, 7) is 7.09. The van der Waals surface area contributed by atoms with E-state index in [9.17, 15) is 0 Å². The zero-order valence-electron chi connectivity index (χ0n) is 30.9. The van der Waals surface area contributed by atoms with Crippen LogP contribution in [0.3, 0.4) is 0 Å². The Morgan fingerprint density at radius 1 is 0.611 bits per heavy atom. The Morgan fingerprint density at radius 3 is 2.17 bits per heavy atom. The molecular weight excluding hydrogens is 655 g/mol. The van der Waals surface area contributed by atoms with E-state index >= 15 is 0 Å². The third-order valence-electron chi connectivity index (χ3n) is 11.6. The van der Waals surface area contributed by atoms with Gasteiger partial charge >= 0.3 is 0 Å². The Balaban J connectivity index is 1.08. The third-order valence-corrected chi connectivity index (χ3v) is 11.6. The van der Waals surface area contributed by atoms with Gasteiger partial charge in [0.2, 0.25) is 0 Å². The molecule has 0 saturated heterocycles. The molecule has 8 aromatic rings. The zero-order chi connectivity index (χ0) is 36.4. The summed E-state index contributed by atoms with van der Waals surface area (Å²) < 4.78 is 2.37. The van der Waals surface area contributed by atoms with Crippen molar-refractivity contribution in [3.8, 4) is 27.9 Å². The standard InChI is InChI=1S/C51H41N3/c1-34-18-26-47-45(29-34)43-25-24-42(32-48(43)51(47,2)3)53(41-15-9-11-36(30-41)38-12-10-28-52-33-38)40-22-19-35(20-23-40)37-21-27-50-46(31-37)44-16-7-8-17-49(44)54(50)39-13-5-4-6-14-39/h4-28,30-34H,29H2,1-3H3. The van der Waals surface area contributed by atoms with Crippen molar-refractivity contribution in [3.63, 3.8) is 0 Å². The first kappa shape index (κ1) is 32.2. The smallest absolute Gasteiger partial charge is 0.0541 e. The summed E-state index contributed by atoms with van der Waals surface area (Å²) in [6.07, 6.45) is 9.63. The van der Waals surface area contributed by atoms with Crippen molar-refractivity contribution >= 4 is 44.4 Å². The van der Waals surface area contributed by atoms with E-state index in [4.69, 9.17) is 0 Å². The number of allylic oxidation sites excluding steroid dienone is 4. The summed E-state index contributed by atoms with van der Waals surface area (Å²) in [6, 6.07) is 55.4. The summed E-state index contributed by atoms with van der Waals surface area (Å²) in [5.41, 5.74) is 17.3. The number of para-hydroxylation sites is 2. The first-order chi connectivity index (χ1) is 26.4. The van der Waals surface area contributed by atoms with Crippen LogP contribution < -0.4 is 4.90 Å². The summed E-state index contributed by atoms with van der Waals surface area (Å²) in [5.74, 6) is 0.554. The fourth-order valence-corrected chi connectivity index (χ4v) is 8.91. The molecular formula is C51H41N3. The normalized spacial score (nSPS) is 15.8. The molecule has 0 bridgehead atoms. The lowest BCUT2D eigenvalue weighted by Crippen LogP contribution is -2.18. The largest absolute Gasteiger partial charge is 0.310 e. The van der Waals surface area contributed by atoms with Gasteiger partial charge in [0.1, 0.15) is 0 Å². The summed E-state index contributed by atoms with van der Waals surface area (Å²) in [7, 11) is 0. The SMILES string of the molecule is CC1C=CC2=C(C1)c1ccc(N(c3ccc(-c4ccc5c(c4)c4ccccc4n5-c4ccccc4)cc3)c3cccc(-c4cccnc4)c3)cc1C2(C)C. The van der Waals surface area contributed by atoms with E-state index < -0.39 is 0 Å². The second-order valence-corrected chi connectivity index (χ2v) is 15.4. The van der Waals surface area contributed by atoms with Gasteiger partial charge in [-0.05, 0) is 124 Å². The van der Waals surface area contributed by atoms with Gasteiger partial charge < -0.3 is 9.47 Å². The number of benzene rings is 6. The molecule has 0 fully saturated rings. The average molecular weight is 696 g/mol. The molecule has 0 amide bonds. The fraction of sp³-hybridized carbons (Fsp3) is 0.118. The van der Waals surface area contributed by atoms with Gasteiger partial charge in [-0.3, -0.25) is 4.98 Å². The van der Waals surface area contributed by atoms with Crippen molar-refractivity contribution in [1.29, 1.82) is 0 Å². The van der Waals surface area contributed by atoms with E-state index in [0.717, 1.165) is 34.6 Å². The number of aromatic nitrogens is 2. The Hall–Kier alpha value is -6.45. The van der Waals surface area contributed by atoms with Crippen LogP contribution in [0.5, 0.6) is 0 Å². The van der Waals surface area contributed by atoms with Crippen molar-refractivity contribution in [1.82, 2.24) is 9.55 Å². The first-order valence-electron chi connectivity index (χ1n) is 19.0. The lowest BCUT2D eigenvalue weighted by atomic mass is 9.79. The Bertz CT molecular complexity index is 2770. The van der Waals surface area contributed by atoms with Crippen molar-refractivity contribution in [2.45, 2.75) is 32.6 Å². The molecule has 2 heterocycles. The van der Waals surface area contributed by atoms with Crippen LogP contribution in [0.4, 0.5) is 17.1 Å². The Morgan fingerprint density at radius 2 is 1.33 bits per heavy atom. The molecule has 54 heavy (non-hydrogen) atoms. The van der Waals surface area contributed by atoms with Crippen molar-refractivity contribution in [2.24, 2.45) is 5.92 Å². The first-order valence-corrected chi connectivity index (χ1v) is 19.0. The second kappa shape index (κ2) is 12.6. The molecule has 1 atom stereocenters. The minimum absolute atomic E-state index is 0.0628. The van der Waals surface area contributed by atoms with Crippen molar-refractivity contribution in [3.05, 3.63) is 193 Å². The molecule has 3 nitrogen and oxygen atoms in total. The minimum atomic E-state index is -0.0628. The quantitative estimate of drug-likeness (QED) is 0.173. The number of nitrogens with zero attached hydrogens (tertiary/aromatic N) is 3. The van der Waals surface area contributed by atoms with Gasteiger partial charge in [0.15, 0.2) is 0 Å². The molecule has 0 aliphatic heterocycles. The molecule has 260 valence electrons. The van der Waals surface area contributed by atoms with Crippen LogP contribution in [-0.2, 0) is 5.41 Å². The molecule has 2 aromatic heterocycles. The van der Waals surface area contributed by atoms with Gasteiger partial charge in [-0.2, -0.15) is 0 Å². The maximum atomic E-state index is 4.41. The van der Waals surface area contributed by atoms with Crippen molar-refractivity contribution in [2.75, 3.05) is 4.90 Å². The van der Waals surface area contributed by atoms with Gasteiger partial charge in [0.25, 0.3) is 0 Å². The predicted octanol–water partition coefficient (Wildman–Crippen LogP) is 13.6. The Kier molecular flexibility index (Phi) is 7.52. The van der Waals surface area contributed by atoms with E-state index in [1.807, 2.05) is 18.5 Å². The summed E-state index contributed by atoms with van der Waals surface area (Å²) in [5, 5.41) is 2.52. The number of anilines is 3. The van der Waals surface area contributed by atoms with Gasteiger partial charge in [0.05, 0.1) is 11.0 Å². The summed E-state index contributed by atoms with van der Waals surface area (Å²) in [4.78, 5) is 6.82. The molecule has 3 heteroatoms. The number of hydrogen-bond acceptors (Lipinski definition) is 2. The molecule has 6 aromatic carbocycles.